The van der Waals surface area contributed by atoms with Gasteiger partial charge in [0.05, 0.1) is 12.6 Å². The second-order valence-corrected chi connectivity index (χ2v) is 5.48. The Morgan fingerprint density at radius 1 is 0.739 bits per heavy atom. The smallest absolute Gasteiger partial charge is 0.126 e. The summed E-state index contributed by atoms with van der Waals surface area (Å²) >= 11 is 0. The van der Waals surface area contributed by atoms with Gasteiger partial charge in [0.1, 0.15) is 5.82 Å². The molecule has 1 heterocycles. The van der Waals surface area contributed by atoms with E-state index >= 15 is 0 Å². The summed E-state index contributed by atoms with van der Waals surface area (Å²) in [6.45, 7) is 1.89. The molecule has 0 radical (unpaired) electrons. The Balaban J connectivity index is 2.13. The van der Waals surface area contributed by atoms with Crippen LogP contribution in [0, 0.1) is 6.92 Å². The van der Waals surface area contributed by atoms with Crippen molar-refractivity contribution < 1.29 is 1.37 Å². The van der Waals surface area contributed by atoms with Crippen LogP contribution in [0.1, 0.15) is 7.20 Å². The third kappa shape index (κ3) is 2.49. The Kier molecular flexibility index (Phi) is 3.08. The number of rotatable bonds is 2. The van der Waals surface area contributed by atoms with Crippen molar-refractivity contribution in [3.63, 3.8) is 0 Å². The van der Waals surface area contributed by atoms with Gasteiger partial charge in [0, 0.05) is 10.9 Å². The topological polar surface area (TPSA) is 25.8 Å². The Morgan fingerprint density at radius 2 is 1.39 bits per heavy atom. The molecule has 0 saturated carbocycles. The van der Waals surface area contributed by atoms with E-state index in [9.17, 15) is 0 Å². The average Bonchev–Trinajstić information content (AvgIpc) is 2.61. The average molecular weight is 297 g/mol. The van der Waals surface area contributed by atoms with E-state index in [-0.39, 0.29) is 0 Å². The van der Waals surface area contributed by atoms with E-state index in [1.807, 2.05) is 55.5 Å². The number of hydrogen-bond donors (Lipinski definition) is 0. The Hall–Kier alpha value is -3.00. The molecule has 0 N–H and O–H groups in total. The first-order chi connectivity index (χ1) is 11.7. The largest absolute Gasteiger partial charge is 0.233 e. The summed E-state index contributed by atoms with van der Waals surface area (Å²) in [6, 6.07) is 24.4. The highest BCUT2D eigenvalue weighted by Gasteiger charge is 2.13. The number of aryl methyl sites for hydroxylation is 1. The van der Waals surface area contributed by atoms with Gasteiger partial charge in [-0.3, -0.25) is 0 Å². The Labute approximate surface area is 136 Å². The van der Waals surface area contributed by atoms with Crippen LogP contribution in [0.3, 0.4) is 0 Å². The van der Waals surface area contributed by atoms with Gasteiger partial charge in [-0.15, -0.1) is 0 Å². The molecular weight excluding hydrogens is 280 g/mol. The van der Waals surface area contributed by atoms with Gasteiger partial charge in [0.15, 0.2) is 0 Å². The van der Waals surface area contributed by atoms with Crippen molar-refractivity contribution in [1.29, 1.82) is 0 Å². The number of nitrogens with zero attached hydrogens (tertiary/aromatic N) is 2. The molecule has 2 nitrogen and oxygen atoms in total. The predicted octanol–water partition coefficient (Wildman–Crippen LogP) is 5.27. The standard InChI is InChI=1S/C21H16N2/c1-15-22-19-14-8-13-18(16-9-4-2-5-10-16)20(19)21(23-15)17-11-6-3-7-12-17/h2-14H,1H3/i8D. The maximum absolute atomic E-state index is 8.15. The molecule has 4 aromatic rings. The lowest BCUT2D eigenvalue weighted by Crippen LogP contribution is -1.95. The fraction of sp³-hybridized carbons (Fsp3) is 0.0476. The molecule has 0 fully saturated rings. The van der Waals surface area contributed by atoms with Gasteiger partial charge in [0.2, 0.25) is 0 Å². The predicted molar refractivity (Wildman–Crippen MR) is 95.1 cm³/mol. The lowest BCUT2D eigenvalue weighted by atomic mass is 9.97. The van der Waals surface area contributed by atoms with Crippen LogP contribution >= 0.6 is 0 Å². The molecule has 23 heavy (non-hydrogen) atoms. The van der Waals surface area contributed by atoms with E-state index in [2.05, 4.69) is 29.2 Å². The van der Waals surface area contributed by atoms with E-state index in [4.69, 9.17) is 6.35 Å². The summed E-state index contributed by atoms with van der Waals surface area (Å²) in [5, 5.41) is 0.994. The van der Waals surface area contributed by atoms with Gasteiger partial charge < -0.3 is 0 Å². The first-order valence-corrected chi connectivity index (χ1v) is 7.62. The summed E-state index contributed by atoms with van der Waals surface area (Å²) in [6.07, 6.45) is 0. The van der Waals surface area contributed by atoms with Gasteiger partial charge >= 0.3 is 0 Å². The highest BCUT2D eigenvalue weighted by atomic mass is 14.9. The summed E-state index contributed by atoms with van der Waals surface area (Å²) in [5.74, 6) is 0.714. The minimum Gasteiger partial charge on any atom is -0.233 e. The summed E-state index contributed by atoms with van der Waals surface area (Å²) in [4.78, 5) is 9.29. The van der Waals surface area contributed by atoms with Crippen molar-refractivity contribution in [1.82, 2.24) is 9.97 Å². The van der Waals surface area contributed by atoms with E-state index < -0.39 is 0 Å². The van der Waals surface area contributed by atoms with E-state index in [1.165, 1.54) is 0 Å². The van der Waals surface area contributed by atoms with Gasteiger partial charge in [-0.25, -0.2) is 9.97 Å². The monoisotopic (exact) mass is 297 g/mol. The van der Waals surface area contributed by atoms with E-state index in [0.717, 1.165) is 33.3 Å². The van der Waals surface area contributed by atoms with Crippen molar-refractivity contribution in [2.75, 3.05) is 0 Å². The second kappa shape index (κ2) is 5.65. The van der Waals surface area contributed by atoms with Crippen LogP contribution in [-0.2, 0) is 0 Å². The van der Waals surface area contributed by atoms with Crippen molar-refractivity contribution >= 4 is 10.9 Å². The highest BCUT2D eigenvalue weighted by Crippen LogP contribution is 2.34. The number of benzene rings is 3. The summed E-state index contributed by atoms with van der Waals surface area (Å²) < 4.78 is 8.15. The fourth-order valence-electron chi connectivity index (χ4n) is 2.89. The zero-order valence-electron chi connectivity index (χ0n) is 13.8. The van der Waals surface area contributed by atoms with Crippen molar-refractivity contribution in [3.05, 3.63) is 84.7 Å². The van der Waals surface area contributed by atoms with Gasteiger partial charge in [0.25, 0.3) is 0 Å². The number of hydrogen-bond acceptors (Lipinski definition) is 2. The first kappa shape index (κ1) is 12.5. The zero-order valence-corrected chi connectivity index (χ0v) is 12.8. The zero-order chi connectivity index (χ0) is 16.5. The molecule has 0 aliphatic heterocycles. The van der Waals surface area contributed by atoms with Crippen LogP contribution in [0.2, 0.25) is 0 Å². The molecule has 0 atom stereocenters. The van der Waals surface area contributed by atoms with E-state index in [1.54, 1.807) is 0 Å². The van der Waals surface area contributed by atoms with Crippen LogP contribution in [-0.4, -0.2) is 9.97 Å². The second-order valence-electron chi connectivity index (χ2n) is 5.48. The van der Waals surface area contributed by atoms with Gasteiger partial charge in [-0.1, -0.05) is 72.8 Å². The van der Waals surface area contributed by atoms with Crippen molar-refractivity contribution in [3.8, 4) is 22.4 Å². The SMILES string of the molecule is [2H]c1cc(-c2ccccc2)c2c(-c3ccccc3)nc(C)nc2c1. The Morgan fingerprint density at radius 3 is 2.09 bits per heavy atom. The molecule has 0 aliphatic carbocycles. The van der Waals surface area contributed by atoms with Crippen LogP contribution in [0.25, 0.3) is 33.3 Å². The highest BCUT2D eigenvalue weighted by molar-refractivity contribution is 6.03. The number of fused-ring (bicyclic) bond motifs is 1. The molecule has 0 bridgehead atoms. The van der Waals surface area contributed by atoms with Crippen LogP contribution in [0.15, 0.2) is 78.8 Å². The maximum Gasteiger partial charge on any atom is 0.126 e. The lowest BCUT2D eigenvalue weighted by molar-refractivity contribution is 1.10. The first-order valence-electron chi connectivity index (χ1n) is 8.12. The molecule has 0 saturated heterocycles. The van der Waals surface area contributed by atoms with Crippen LogP contribution < -0.4 is 0 Å². The van der Waals surface area contributed by atoms with Gasteiger partial charge in [-0.05, 0) is 24.1 Å². The van der Waals surface area contributed by atoms with E-state index in [0.29, 0.717) is 11.9 Å². The molecule has 0 unspecified atom stereocenters. The lowest BCUT2D eigenvalue weighted by Gasteiger charge is -2.12. The molecule has 2 heteroatoms. The summed E-state index contributed by atoms with van der Waals surface area (Å²) in [5.41, 5.74) is 4.85. The molecule has 1 aromatic heterocycles. The third-order valence-corrected chi connectivity index (χ3v) is 3.90. The molecule has 0 spiro atoms. The molecule has 4 rings (SSSR count). The maximum atomic E-state index is 8.15. The minimum atomic E-state index is 0.457. The fourth-order valence-corrected chi connectivity index (χ4v) is 2.89. The molecule has 0 aliphatic rings. The van der Waals surface area contributed by atoms with Gasteiger partial charge in [-0.2, -0.15) is 0 Å². The molecule has 0 amide bonds. The normalized spacial score (nSPS) is 11.4. The molecule has 110 valence electrons. The van der Waals surface area contributed by atoms with Crippen LogP contribution in [0.5, 0.6) is 0 Å². The van der Waals surface area contributed by atoms with Crippen molar-refractivity contribution in [2.45, 2.75) is 6.92 Å². The quantitative estimate of drug-likeness (QED) is 0.503. The van der Waals surface area contributed by atoms with Crippen molar-refractivity contribution in [2.24, 2.45) is 0 Å². The summed E-state index contributed by atoms with van der Waals surface area (Å²) in [7, 11) is 0. The third-order valence-electron chi connectivity index (χ3n) is 3.90. The molecule has 3 aromatic carbocycles. The molecular formula is C21H16N2. The van der Waals surface area contributed by atoms with Crippen LogP contribution in [0.4, 0.5) is 0 Å². The number of aromatic nitrogens is 2. The Bertz CT molecular complexity index is 932. The minimum absolute atomic E-state index is 0.457.